The van der Waals surface area contributed by atoms with E-state index >= 15 is 0 Å². The number of anilines is 2. The van der Waals surface area contributed by atoms with Crippen molar-refractivity contribution in [3.63, 3.8) is 0 Å². The SMILES string of the molecule is CN(C)c1ccc(S(=O)(=O)N(C)C)cc1NC(=O)/C=C/c1ccco1. The molecule has 8 heteroatoms. The Bertz CT molecular complexity index is 869. The second-order valence-corrected chi connectivity index (χ2v) is 7.85. The third-order valence-corrected chi connectivity index (χ3v) is 5.24. The van der Waals surface area contributed by atoms with E-state index in [1.165, 1.54) is 44.6 Å². The van der Waals surface area contributed by atoms with Gasteiger partial charge in [-0.2, -0.15) is 0 Å². The van der Waals surface area contributed by atoms with Gasteiger partial charge in [0.15, 0.2) is 0 Å². The lowest BCUT2D eigenvalue weighted by Crippen LogP contribution is -2.23. The van der Waals surface area contributed by atoms with Crippen LogP contribution in [0, 0.1) is 0 Å². The fraction of sp³-hybridized carbons (Fsp3) is 0.235. The minimum Gasteiger partial charge on any atom is -0.465 e. The van der Waals surface area contributed by atoms with Gasteiger partial charge in [0, 0.05) is 34.3 Å². The van der Waals surface area contributed by atoms with E-state index in [-0.39, 0.29) is 10.8 Å². The molecule has 1 aromatic carbocycles. The number of carbonyl (C=O) groups is 1. The van der Waals surface area contributed by atoms with Crippen LogP contribution in [0.25, 0.3) is 6.08 Å². The molecule has 2 aromatic rings. The van der Waals surface area contributed by atoms with Crippen LogP contribution in [-0.2, 0) is 14.8 Å². The Kier molecular flexibility index (Phi) is 5.66. The monoisotopic (exact) mass is 363 g/mol. The molecule has 134 valence electrons. The number of carbonyl (C=O) groups excluding carboxylic acids is 1. The van der Waals surface area contributed by atoms with Crippen LogP contribution in [0.5, 0.6) is 0 Å². The molecule has 1 N–H and O–H groups in total. The number of nitrogens with zero attached hydrogens (tertiary/aromatic N) is 2. The molecule has 1 aromatic heterocycles. The Labute approximate surface area is 147 Å². The molecular weight excluding hydrogens is 342 g/mol. The predicted octanol–water partition coefficient (Wildman–Crippen LogP) is 2.25. The maximum Gasteiger partial charge on any atom is 0.248 e. The van der Waals surface area contributed by atoms with E-state index in [9.17, 15) is 13.2 Å². The molecule has 1 amide bonds. The average Bonchev–Trinajstić information content (AvgIpc) is 3.05. The van der Waals surface area contributed by atoms with Gasteiger partial charge < -0.3 is 14.6 Å². The van der Waals surface area contributed by atoms with Gasteiger partial charge in [0.25, 0.3) is 0 Å². The molecule has 0 aliphatic rings. The second-order valence-electron chi connectivity index (χ2n) is 5.70. The van der Waals surface area contributed by atoms with Crippen LogP contribution >= 0.6 is 0 Å². The highest BCUT2D eigenvalue weighted by molar-refractivity contribution is 7.89. The molecule has 0 atom stereocenters. The second kappa shape index (κ2) is 7.54. The van der Waals surface area contributed by atoms with Crippen molar-refractivity contribution in [2.75, 3.05) is 38.4 Å². The van der Waals surface area contributed by atoms with Crippen LogP contribution in [0.4, 0.5) is 11.4 Å². The summed E-state index contributed by atoms with van der Waals surface area (Å²) < 4.78 is 30.9. The predicted molar refractivity (Wildman–Crippen MR) is 98.0 cm³/mol. The van der Waals surface area contributed by atoms with Gasteiger partial charge in [-0.25, -0.2) is 12.7 Å². The summed E-state index contributed by atoms with van der Waals surface area (Å²) in [4.78, 5) is 14.1. The van der Waals surface area contributed by atoms with E-state index in [4.69, 9.17) is 4.42 Å². The number of hydrogen-bond acceptors (Lipinski definition) is 5. The number of hydrogen-bond donors (Lipinski definition) is 1. The average molecular weight is 363 g/mol. The maximum absolute atomic E-state index is 12.3. The number of furan rings is 1. The first kappa shape index (κ1) is 18.8. The number of amides is 1. The van der Waals surface area contributed by atoms with Crippen molar-refractivity contribution < 1.29 is 17.6 Å². The topological polar surface area (TPSA) is 82.9 Å². The Morgan fingerprint density at radius 2 is 1.88 bits per heavy atom. The van der Waals surface area contributed by atoms with Gasteiger partial charge in [0.2, 0.25) is 15.9 Å². The number of rotatable bonds is 6. The van der Waals surface area contributed by atoms with Crippen LogP contribution in [0.2, 0.25) is 0 Å². The maximum atomic E-state index is 12.3. The van der Waals surface area contributed by atoms with E-state index in [0.29, 0.717) is 17.1 Å². The summed E-state index contributed by atoms with van der Waals surface area (Å²) >= 11 is 0. The Morgan fingerprint density at radius 3 is 2.44 bits per heavy atom. The van der Waals surface area contributed by atoms with Crippen LogP contribution in [0.3, 0.4) is 0 Å². The van der Waals surface area contributed by atoms with Crippen LogP contribution in [0.1, 0.15) is 5.76 Å². The molecule has 0 aliphatic heterocycles. The summed E-state index contributed by atoms with van der Waals surface area (Å²) in [5.41, 5.74) is 1.10. The fourth-order valence-electron chi connectivity index (χ4n) is 2.09. The van der Waals surface area contributed by atoms with Gasteiger partial charge in [-0.1, -0.05) is 0 Å². The molecule has 25 heavy (non-hydrogen) atoms. The third kappa shape index (κ3) is 4.49. The summed E-state index contributed by atoms with van der Waals surface area (Å²) in [6.45, 7) is 0. The molecular formula is C17H21N3O4S. The first-order chi connectivity index (χ1) is 11.7. The van der Waals surface area contributed by atoms with Crippen molar-refractivity contribution in [1.29, 1.82) is 0 Å². The first-order valence-corrected chi connectivity index (χ1v) is 8.92. The van der Waals surface area contributed by atoms with Gasteiger partial charge in [-0.05, 0) is 36.4 Å². The summed E-state index contributed by atoms with van der Waals surface area (Å²) in [6, 6.07) is 8.06. The molecule has 0 unspecified atom stereocenters. The largest absolute Gasteiger partial charge is 0.465 e. The highest BCUT2D eigenvalue weighted by atomic mass is 32.2. The molecule has 2 rings (SSSR count). The molecule has 0 fully saturated rings. The van der Waals surface area contributed by atoms with Crippen LogP contribution < -0.4 is 10.2 Å². The Hall–Kier alpha value is -2.58. The fourth-order valence-corrected chi connectivity index (χ4v) is 3.02. The molecule has 0 saturated heterocycles. The highest BCUT2D eigenvalue weighted by Crippen LogP contribution is 2.28. The van der Waals surface area contributed by atoms with Crippen molar-refractivity contribution in [1.82, 2.24) is 4.31 Å². The lowest BCUT2D eigenvalue weighted by atomic mass is 10.2. The molecule has 0 bridgehead atoms. The summed E-state index contributed by atoms with van der Waals surface area (Å²) in [6.07, 6.45) is 4.37. The number of sulfonamides is 1. The zero-order chi connectivity index (χ0) is 18.6. The molecule has 0 aliphatic carbocycles. The van der Waals surface area contributed by atoms with Crippen molar-refractivity contribution >= 4 is 33.4 Å². The van der Waals surface area contributed by atoms with Crippen molar-refractivity contribution in [2.45, 2.75) is 4.90 Å². The minimum absolute atomic E-state index is 0.105. The van der Waals surface area contributed by atoms with E-state index in [1.54, 1.807) is 23.1 Å². The van der Waals surface area contributed by atoms with E-state index in [2.05, 4.69) is 5.32 Å². The van der Waals surface area contributed by atoms with Crippen molar-refractivity contribution in [3.05, 3.63) is 48.4 Å². The van der Waals surface area contributed by atoms with Crippen molar-refractivity contribution in [3.8, 4) is 0 Å². The lowest BCUT2D eigenvalue weighted by molar-refractivity contribution is -0.111. The first-order valence-electron chi connectivity index (χ1n) is 7.48. The van der Waals surface area contributed by atoms with E-state index in [0.717, 1.165) is 4.31 Å². The Morgan fingerprint density at radius 1 is 1.16 bits per heavy atom. The normalized spacial score (nSPS) is 11.9. The lowest BCUT2D eigenvalue weighted by Gasteiger charge is -2.19. The van der Waals surface area contributed by atoms with Gasteiger partial charge >= 0.3 is 0 Å². The number of benzene rings is 1. The zero-order valence-electron chi connectivity index (χ0n) is 14.6. The molecule has 0 saturated carbocycles. The third-order valence-electron chi connectivity index (χ3n) is 3.43. The molecule has 0 spiro atoms. The minimum atomic E-state index is -3.59. The zero-order valence-corrected chi connectivity index (χ0v) is 15.4. The summed E-state index contributed by atoms with van der Waals surface area (Å²) in [5, 5.41) is 2.71. The van der Waals surface area contributed by atoms with Gasteiger partial charge in [0.1, 0.15) is 5.76 Å². The van der Waals surface area contributed by atoms with Gasteiger partial charge in [-0.3, -0.25) is 4.79 Å². The smallest absolute Gasteiger partial charge is 0.248 e. The van der Waals surface area contributed by atoms with Gasteiger partial charge in [0.05, 0.1) is 22.5 Å². The summed E-state index contributed by atoms with van der Waals surface area (Å²) in [7, 11) is 2.94. The van der Waals surface area contributed by atoms with E-state index in [1.807, 2.05) is 14.1 Å². The van der Waals surface area contributed by atoms with Crippen molar-refractivity contribution in [2.24, 2.45) is 0 Å². The highest BCUT2D eigenvalue weighted by Gasteiger charge is 2.19. The molecule has 1 heterocycles. The Balaban J connectivity index is 2.32. The van der Waals surface area contributed by atoms with Crippen LogP contribution in [-0.4, -0.2) is 46.8 Å². The summed E-state index contributed by atoms with van der Waals surface area (Å²) in [5.74, 6) is 0.158. The van der Waals surface area contributed by atoms with Crippen LogP contribution in [0.15, 0.2) is 52.0 Å². The van der Waals surface area contributed by atoms with Gasteiger partial charge in [-0.15, -0.1) is 0 Å². The quantitative estimate of drug-likeness (QED) is 0.796. The van der Waals surface area contributed by atoms with E-state index < -0.39 is 10.0 Å². The number of nitrogens with one attached hydrogen (secondary N) is 1. The standard InChI is InChI=1S/C17H21N3O4S/c1-19(2)16-9-8-14(25(22,23)20(3)4)12-15(16)18-17(21)10-7-13-6-5-11-24-13/h5-12H,1-4H3,(H,18,21)/b10-7+. The molecule has 7 nitrogen and oxygen atoms in total. The molecule has 0 radical (unpaired) electrons.